The van der Waals surface area contributed by atoms with Crippen LogP contribution in [0.5, 0.6) is 0 Å². The van der Waals surface area contributed by atoms with Crippen molar-refractivity contribution in [1.82, 2.24) is 10.2 Å². The van der Waals surface area contributed by atoms with E-state index < -0.39 is 0 Å². The van der Waals surface area contributed by atoms with Gasteiger partial charge in [0.05, 0.1) is 0 Å². The molecule has 0 aromatic carbocycles. The summed E-state index contributed by atoms with van der Waals surface area (Å²) in [4.78, 5) is 13.5. The first-order valence-corrected chi connectivity index (χ1v) is 6.78. The fraction of sp³-hybridized carbons (Fsp3) is 0.923. The lowest BCUT2D eigenvalue weighted by Gasteiger charge is -2.31. The van der Waals surface area contributed by atoms with Crippen LogP contribution in [0.15, 0.2) is 0 Å². The number of hydrogen-bond acceptors (Lipinski definition) is 1. The first kappa shape index (κ1) is 11.7. The number of urea groups is 1. The Kier molecular flexibility index (Phi) is 4.08. The average molecular weight is 224 g/mol. The van der Waals surface area contributed by atoms with Gasteiger partial charge < -0.3 is 10.2 Å². The Morgan fingerprint density at radius 3 is 3.00 bits per heavy atom. The molecule has 1 N–H and O–H groups in total. The molecule has 0 bridgehead atoms. The maximum absolute atomic E-state index is 11.5. The van der Waals surface area contributed by atoms with Crippen LogP contribution < -0.4 is 5.32 Å². The monoisotopic (exact) mass is 224 g/mol. The van der Waals surface area contributed by atoms with Crippen LogP contribution >= 0.6 is 0 Å². The van der Waals surface area contributed by atoms with E-state index in [1.54, 1.807) is 0 Å². The van der Waals surface area contributed by atoms with E-state index in [4.69, 9.17) is 0 Å². The number of nitrogens with one attached hydrogen (secondary N) is 1. The molecule has 1 heterocycles. The van der Waals surface area contributed by atoms with Gasteiger partial charge in [-0.15, -0.1) is 0 Å². The maximum atomic E-state index is 11.5. The van der Waals surface area contributed by atoms with E-state index in [1.165, 1.54) is 32.1 Å². The second-order valence-corrected chi connectivity index (χ2v) is 5.50. The second-order valence-electron chi connectivity index (χ2n) is 5.50. The van der Waals surface area contributed by atoms with Crippen molar-refractivity contribution < 1.29 is 4.79 Å². The molecule has 92 valence electrons. The molecule has 2 atom stereocenters. The van der Waals surface area contributed by atoms with Gasteiger partial charge in [-0.2, -0.15) is 0 Å². The van der Waals surface area contributed by atoms with Gasteiger partial charge in [0.25, 0.3) is 0 Å². The fourth-order valence-electron chi connectivity index (χ4n) is 3.05. The summed E-state index contributed by atoms with van der Waals surface area (Å²) in [6, 6.07) is 0.148. The predicted octanol–water partition coefficient (Wildman–Crippen LogP) is 2.62. The number of rotatable bonds is 3. The smallest absolute Gasteiger partial charge is 0.317 e. The molecule has 2 amide bonds. The zero-order chi connectivity index (χ0) is 11.4. The third kappa shape index (κ3) is 3.13. The highest BCUT2D eigenvalue weighted by Gasteiger charge is 2.22. The van der Waals surface area contributed by atoms with Crippen molar-refractivity contribution in [3.05, 3.63) is 0 Å². The summed E-state index contributed by atoms with van der Waals surface area (Å²) in [6.45, 7) is 5.13. The van der Waals surface area contributed by atoms with Crippen LogP contribution in [-0.2, 0) is 0 Å². The third-order valence-electron chi connectivity index (χ3n) is 4.02. The van der Waals surface area contributed by atoms with Gasteiger partial charge >= 0.3 is 6.03 Å². The van der Waals surface area contributed by atoms with Crippen LogP contribution in [0.4, 0.5) is 4.79 Å². The Morgan fingerprint density at radius 1 is 1.38 bits per heavy atom. The van der Waals surface area contributed by atoms with Gasteiger partial charge in [0, 0.05) is 19.6 Å². The van der Waals surface area contributed by atoms with E-state index in [0.717, 1.165) is 37.9 Å². The Bertz CT molecular complexity index is 242. The minimum atomic E-state index is 0.148. The quantitative estimate of drug-likeness (QED) is 0.785. The van der Waals surface area contributed by atoms with Gasteiger partial charge in [0.15, 0.2) is 0 Å². The molecule has 2 unspecified atom stereocenters. The van der Waals surface area contributed by atoms with Crippen molar-refractivity contribution in [2.75, 3.05) is 19.6 Å². The minimum absolute atomic E-state index is 0.148. The third-order valence-corrected chi connectivity index (χ3v) is 4.02. The molecule has 3 nitrogen and oxygen atoms in total. The molecule has 3 heteroatoms. The molecule has 1 saturated heterocycles. The molecular weight excluding hydrogens is 200 g/mol. The highest BCUT2D eigenvalue weighted by Crippen LogP contribution is 2.30. The van der Waals surface area contributed by atoms with Gasteiger partial charge in [-0.25, -0.2) is 4.79 Å². The fourth-order valence-corrected chi connectivity index (χ4v) is 3.05. The second kappa shape index (κ2) is 5.55. The van der Waals surface area contributed by atoms with Crippen molar-refractivity contribution in [2.24, 2.45) is 11.8 Å². The topological polar surface area (TPSA) is 32.3 Å². The molecule has 0 radical (unpaired) electrons. The van der Waals surface area contributed by atoms with Crippen molar-refractivity contribution in [3.63, 3.8) is 0 Å². The number of nitrogens with zero attached hydrogens (tertiary/aromatic N) is 1. The highest BCUT2D eigenvalue weighted by atomic mass is 16.2. The lowest BCUT2D eigenvalue weighted by molar-refractivity contribution is 0.174. The van der Waals surface area contributed by atoms with Crippen LogP contribution in [-0.4, -0.2) is 30.6 Å². The van der Waals surface area contributed by atoms with Crippen molar-refractivity contribution in [3.8, 4) is 0 Å². The summed E-state index contributed by atoms with van der Waals surface area (Å²) in [6.07, 6.45) is 7.85. The summed E-state index contributed by atoms with van der Waals surface area (Å²) < 4.78 is 0. The summed E-state index contributed by atoms with van der Waals surface area (Å²) in [7, 11) is 0. The molecule has 0 spiro atoms. The predicted molar refractivity (Wildman–Crippen MR) is 65.3 cm³/mol. The summed E-state index contributed by atoms with van der Waals surface area (Å²) >= 11 is 0. The zero-order valence-corrected chi connectivity index (χ0v) is 10.4. The van der Waals surface area contributed by atoms with E-state index in [9.17, 15) is 4.79 Å². The molecule has 16 heavy (non-hydrogen) atoms. The molecule has 1 saturated carbocycles. The van der Waals surface area contributed by atoms with E-state index in [1.807, 2.05) is 4.90 Å². The molecular formula is C13H24N2O. The van der Waals surface area contributed by atoms with Crippen molar-refractivity contribution >= 4 is 6.03 Å². The summed E-state index contributed by atoms with van der Waals surface area (Å²) in [5, 5.41) is 2.92. The Morgan fingerprint density at radius 2 is 2.25 bits per heavy atom. The molecule has 1 aliphatic carbocycles. The largest absolute Gasteiger partial charge is 0.338 e. The summed E-state index contributed by atoms with van der Waals surface area (Å²) in [5.74, 6) is 1.76. The van der Waals surface area contributed by atoms with Crippen LogP contribution in [0.1, 0.15) is 45.4 Å². The SMILES string of the molecule is CC1CCCC(CCN2CCCNC2=O)C1. The highest BCUT2D eigenvalue weighted by molar-refractivity contribution is 5.74. The van der Waals surface area contributed by atoms with Crippen LogP contribution in [0.25, 0.3) is 0 Å². The first-order valence-electron chi connectivity index (χ1n) is 6.78. The Balaban J connectivity index is 1.71. The number of amides is 2. The molecule has 0 aromatic heterocycles. The molecule has 2 rings (SSSR count). The van der Waals surface area contributed by atoms with E-state index in [-0.39, 0.29) is 6.03 Å². The maximum Gasteiger partial charge on any atom is 0.317 e. The number of carbonyl (C=O) groups excluding carboxylic acids is 1. The van der Waals surface area contributed by atoms with E-state index in [0.29, 0.717) is 0 Å². The molecule has 2 fully saturated rings. The minimum Gasteiger partial charge on any atom is -0.338 e. The Hall–Kier alpha value is -0.730. The van der Waals surface area contributed by atoms with Crippen LogP contribution in [0, 0.1) is 11.8 Å². The van der Waals surface area contributed by atoms with E-state index >= 15 is 0 Å². The van der Waals surface area contributed by atoms with Gasteiger partial charge in [-0.3, -0.25) is 0 Å². The van der Waals surface area contributed by atoms with Gasteiger partial charge in [0.2, 0.25) is 0 Å². The molecule has 1 aliphatic heterocycles. The van der Waals surface area contributed by atoms with Crippen molar-refractivity contribution in [2.45, 2.75) is 45.4 Å². The number of carbonyl (C=O) groups is 1. The average Bonchev–Trinajstić information content (AvgIpc) is 2.28. The van der Waals surface area contributed by atoms with Crippen LogP contribution in [0.3, 0.4) is 0 Å². The molecule has 2 aliphatic rings. The standard InChI is InChI=1S/C13H24N2O/c1-11-4-2-5-12(10-11)6-9-15-8-3-7-14-13(15)16/h11-12H,2-10H2,1H3,(H,14,16). The first-order chi connectivity index (χ1) is 7.75. The molecule has 0 aromatic rings. The lowest BCUT2D eigenvalue weighted by Crippen LogP contribution is -2.47. The van der Waals surface area contributed by atoms with E-state index in [2.05, 4.69) is 12.2 Å². The normalized spacial score (nSPS) is 31.3. The lowest BCUT2D eigenvalue weighted by atomic mass is 9.81. The Labute approximate surface area is 98.6 Å². The van der Waals surface area contributed by atoms with Crippen LogP contribution in [0.2, 0.25) is 0 Å². The number of hydrogen-bond donors (Lipinski definition) is 1. The van der Waals surface area contributed by atoms with Gasteiger partial charge in [-0.1, -0.05) is 26.2 Å². The zero-order valence-electron chi connectivity index (χ0n) is 10.4. The van der Waals surface area contributed by atoms with Crippen molar-refractivity contribution in [1.29, 1.82) is 0 Å². The van der Waals surface area contributed by atoms with Gasteiger partial charge in [0.1, 0.15) is 0 Å². The summed E-state index contributed by atoms with van der Waals surface area (Å²) in [5.41, 5.74) is 0. The van der Waals surface area contributed by atoms with Gasteiger partial charge in [-0.05, 0) is 31.1 Å².